The first-order valence-corrected chi connectivity index (χ1v) is 14.7. The first kappa shape index (κ1) is 32.3. The normalized spacial score (nSPS) is 50.4. The van der Waals surface area contributed by atoms with Crippen LogP contribution in [0.3, 0.4) is 0 Å². The van der Waals surface area contributed by atoms with Crippen LogP contribution < -0.4 is 24.8 Å². The van der Waals surface area contributed by atoms with E-state index in [1.807, 2.05) is 0 Å². The molecule has 0 amide bonds. The van der Waals surface area contributed by atoms with Crippen molar-refractivity contribution in [1.82, 2.24) is 0 Å². The first-order valence-electron chi connectivity index (χ1n) is 14.7. The summed E-state index contributed by atoms with van der Waals surface area (Å²) in [6.07, 6.45) is 32.0. The van der Waals surface area contributed by atoms with Crippen LogP contribution in [-0.2, 0) is 26.2 Å². The van der Waals surface area contributed by atoms with Crippen LogP contribution in [0.5, 0.6) is 0 Å². The van der Waals surface area contributed by atoms with Gasteiger partial charge in [0.25, 0.3) is 0 Å². The second kappa shape index (κ2) is 9.19. The fourth-order valence-electron chi connectivity index (χ4n) is 11.7. The summed E-state index contributed by atoms with van der Waals surface area (Å²) in [4.78, 5) is 0. The Hall–Kier alpha value is -0.617. The number of allylic oxidation sites excluding steroid dienone is 16. The van der Waals surface area contributed by atoms with Crippen molar-refractivity contribution in [2.24, 2.45) is 49.7 Å². The van der Waals surface area contributed by atoms with Crippen molar-refractivity contribution in [3.63, 3.8) is 0 Å². The van der Waals surface area contributed by atoms with Crippen molar-refractivity contribution in [2.75, 3.05) is 0 Å². The van der Waals surface area contributed by atoms with E-state index >= 15 is 0 Å². The van der Waals surface area contributed by atoms with Crippen LogP contribution in [0.1, 0.15) is 75.2 Å². The van der Waals surface area contributed by atoms with Gasteiger partial charge in [0.15, 0.2) is 0 Å². The molecule has 0 bridgehead atoms. The van der Waals surface area contributed by atoms with E-state index in [0.717, 1.165) is 6.42 Å². The molecule has 3 saturated carbocycles. The van der Waals surface area contributed by atoms with Gasteiger partial charge in [0.1, 0.15) is 0 Å². The summed E-state index contributed by atoms with van der Waals surface area (Å²) in [5.41, 5.74) is 8.22. The summed E-state index contributed by atoms with van der Waals surface area (Å²) < 4.78 is 0. The summed E-state index contributed by atoms with van der Waals surface area (Å²) in [5.74, 6) is 1.09. The minimum atomic E-state index is -0.0324. The molecule has 0 spiro atoms. The number of fused-ring (bicyclic) bond motifs is 9. The van der Waals surface area contributed by atoms with Crippen molar-refractivity contribution < 1.29 is 51.0 Å². The standard InChI is InChI=1S/C37H45.2ClH.Zr/c1-24-22-27-25(2)36(8)28(30(29(24)27)26-16-10-11-17-26)23-35(7)33(5)20-13-12-18-31(33,3)32(4)19-14-15-21-34(32,6)37(35,36)9;;;/h10-16,18-21,23-24,28H,17,22H2,1-9H3;2*1H;/q-1;;;+3/p-2. The molecule has 0 saturated heterocycles. The van der Waals surface area contributed by atoms with Crippen molar-refractivity contribution in [3.05, 3.63) is 101 Å². The molecule has 40 heavy (non-hydrogen) atoms. The quantitative estimate of drug-likeness (QED) is 0.380. The van der Waals surface area contributed by atoms with E-state index in [-0.39, 0.29) is 88.9 Å². The van der Waals surface area contributed by atoms with Gasteiger partial charge >= 0.3 is 26.2 Å². The molecule has 9 unspecified atom stereocenters. The molecule has 0 aromatic rings. The maximum atomic E-state index is 2.90. The van der Waals surface area contributed by atoms with Gasteiger partial charge in [-0.25, -0.2) is 0 Å². The third-order valence-electron chi connectivity index (χ3n) is 14.8. The van der Waals surface area contributed by atoms with Gasteiger partial charge in [0.05, 0.1) is 0 Å². The van der Waals surface area contributed by atoms with Crippen molar-refractivity contribution >= 4 is 0 Å². The second-order valence-corrected chi connectivity index (χ2v) is 14.8. The first-order chi connectivity index (χ1) is 17.3. The number of hydrogen-bond donors (Lipinski definition) is 0. The summed E-state index contributed by atoms with van der Waals surface area (Å²) in [6.45, 7) is 23.4. The third-order valence-corrected chi connectivity index (χ3v) is 14.8. The van der Waals surface area contributed by atoms with Crippen LogP contribution in [0.15, 0.2) is 94.7 Å². The molecule has 9 atom stereocenters. The molecule has 7 aliphatic carbocycles. The van der Waals surface area contributed by atoms with E-state index in [1.54, 1.807) is 27.9 Å². The van der Waals surface area contributed by atoms with Gasteiger partial charge in [-0.2, -0.15) is 0 Å². The maximum absolute atomic E-state index is 2.90. The zero-order valence-electron chi connectivity index (χ0n) is 25.8. The number of rotatable bonds is 1. The van der Waals surface area contributed by atoms with Gasteiger partial charge in [-0.3, -0.25) is 0 Å². The van der Waals surface area contributed by atoms with E-state index < -0.39 is 0 Å². The Morgan fingerprint density at radius 1 is 0.725 bits per heavy atom. The van der Waals surface area contributed by atoms with E-state index in [1.165, 1.54) is 6.42 Å². The molecular weight excluding hydrogens is 607 g/mol. The minimum absolute atomic E-state index is 0. The Labute approximate surface area is 275 Å². The van der Waals surface area contributed by atoms with Gasteiger partial charge in [-0.1, -0.05) is 133 Å². The fraction of sp³-hybridized carbons (Fsp3) is 0.541. The van der Waals surface area contributed by atoms with E-state index in [4.69, 9.17) is 0 Å². The van der Waals surface area contributed by atoms with Gasteiger partial charge in [-0.15, -0.1) is 11.3 Å². The van der Waals surface area contributed by atoms with Gasteiger partial charge in [-0.05, 0) is 64.1 Å². The zero-order chi connectivity index (χ0) is 26.4. The Bertz CT molecular complexity index is 1400. The second-order valence-electron chi connectivity index (χ2n) is 14.8. The SMILES string of the molecule is CC1=C2CC(C)C2=C(C2=CC=CC2)C2[CH-]C3(C)C4(C)C=CC=CC4(C)C4(C)C=CC=CC4(C)C3(C)C12C.[Cl-].[Cl-].[Zr+3]. The van der Waals surface area contributed by atoms with Gasteiger partial charge < -0.3 is 31.2 Å². The van der Waals surface area contributed by atoms with Gasteiger partial charge in [0.2, 0.25) is 0 Å². The fourth-order valence-corrected chi connectivity index (χ4v) is 11.7. The summed E-state index contributed by atoms with van der Waals surface area (Å²) >= 11 is 0. The molecule has 1 radical (unpaired) electrons. The predicted molar refractivity (Wildman–Crippen MR) is 156 cm³/mol. The molecule has 0 heterocycles. The van der Waals surface area contributed by atoms with E-state index in [2.05, 4.69) is 136 Å². The smallest absolute Gasteiger partial charge is 1.00 e. The molecular formula is C37H45Cl2Zr. The van der Waals surface area contributed by atoms with Gasteiger partial charge in [0, 0.05) is 10.8 Å². The van der Waals surface area contributed by atoms with Crippen LogP contribution in [-0.4, -0.2) is 0 Å². The van der Waals surface area contributed by atoms with Crippen molar-refractivity contribution in [1.29, 1.82) is 0 Å². The van der Waals surface area contributed by atoms with Crippen molar-refractivity contribution in [2.45, 2.75) is 75.2 Å². The average molecular weight is 652 g/mol. The average Bonchev–Trinajstić information content (AvgIpc) is 3.45. The van der Waals surface area contributed by atoms with Crippen molar-refractivity contribution in [3.8, 4) is 0 Å². The molecule has 0 aliphatic heterocycles. The van der Waals surface area contributed by atoms with Crippen LogP contribution in [0, 0.1) is 56.2 Å². The Balaban J connectivity index is 0.00000123. The molecule has 3 fully saturated rings. The summed E-state index contributed by atoms with van der Waals surface area (Å²) in [7, 11) is 0. The maximum Gasteiger partial charge on any atom is 3.00 e. The Morgan fingerprint density at radius 2 is 1.25 bits per heavy atom. The summed E-state index contributed by atoms with van der Waals surface area (Å²) in [6, 6.07) is 0. The molecule has 0 N–H and O–H groups in total. The molecule has 3 heteroatoms. The molecule has 7 rings (SSSR count). The molecule has 0 nitrogen and oxygen atoms in total. The monoisotopic (exact) mass is 649 g/mol. The molecule has 211 valence electrons. The summed E-state index contributed by atoms with van der Waals surface area (Å²) in [5, 5.41) is 0. The predicted octanol–water partition coefficient (Wildman–Crippen LogP) is 3.69. The zero-order valence-corrected chi connectivity index (χ0v) is 29.7. The van der Waals surface area contributed by atoms with E-state index in [0.29, 0.717) is 11.8 Å². The molecule has 0 aromatic heterocycles. The van der Waals surface area contributed by atoms with Crippen LogP contribution >= 0.6 is 0 Å². The molecule has 7 aliphatic rings. The van der Waals surface area contributed by atoms with Crippen LogP contribution in [0.4, 0.5) is 0 Å². The topological polar surface area (TPSA) is 0 Å². The van der Waals surface area contributed by atoms with E-state index in [9.17, 15) is 0 Å². The largest absolute Gasteiger partial charge is 3.00 e. The Kier molecular flexibility index (Phi) is 7.42. The Morgan fingerprint density at radius 3 is 1.77 bits per heavy atom. The van der Waals surface area contributed by atoms with Crippen LogP contribution in [0.2, 0.25) is 0 Å². The van der Waals surface area contributed by atoms with Crippen LogP contribution in [0.25, 0.3) is 0 Å². The third kappa shape index (κ3) is 2.82. The number of halogens is 2. The molecule has 0 aromatic carbocycles. The number of hydrogen-bond acceptors (Lipinski definition) is 0. The minimum Gasteiger partial charge on any atom is -1.00 e.